The number of nitrogens with one attached hydrogen (secondary N) is 2. The predicted molar refractivity (Wildman–Crippen MR) is 92.5 cm³/mol. The average molecular weight is 446 g/mol. The van der Waals surface area contributed by atoms with Crippen LogP contribution in [0.3, 0.4) is 0 Å². The van der Waals surface area contributed by atoms with Crippen LogP contribution < -0.4 is 10.6 Å². The Morgan fingerprint density at radius 2 is 0.966 bits per heavy atom. The first-order chi connectivity index (χ1) is 13.1. The first kappa shape index (κ1) is 22.8. The number of rotatable bonds is 2. The number of alkyl halides is 9. The Morgan fingerprint density at radius 1 is 0.621 bits per heavy atom. The highest BCUT2D eigenvalue weighted by Crippen LogP contribution is 2.37. The zero-order valence-electron chi connectivity index (χ0n) is 14.3. The SMILES string of the molecule is Cc1cc(NC(=S)Nc2cc(C(F)(F)F)cc(C(F)(F)F)c2)cc(C(F)(F)F)c1. The second kappa shape index (κ2) is 7.73. The third-order valence-corrected chi connectivity index (χ3v) is 3.71. The fourth-order valence-electron chi connectivity index (χ4n) is 2.34. The van der Waals surface area contributed by atoms with Crippen molar-refractivity contribution in [2.75, 3.05) is 10.6 Å². The topological polar surface area (TPSA) is 24.1 Å². The van der Waals surface area contributed by atoms with Crippen molar-refractivity contribution in [3.63, 3.8) is 0 Å². The van der Waals surface area contributed by atoms with E-state index in [0.29, 0.717) is 18.2 Å². The number of benzene rings is 2. The highest BCUT2D eigenvalue weighted by atomic mass is 32.1. The zero-order valence-corrected chi connectivity index (χ0v) is 15.1. The van der Waals surface area contributed by atoms with Gasteiger partial charge in [-0.1, -0.05) is 0 Å². The molecule has 0 aliphatic rings. The van der Waals surface area contributed by atoms with E-state index in [-0.39, 0.29) is 17.3 Å². The zero-order chi connectivity index (χ0) is 22.2. The molecule has 0 saturated carbocycles. The van der Waals surface area contributed by atoms with Crippen LogP contribution >= 0.6 is 12.2 Å². The average Bonchev–Trinajstić information content (AvgIpc) is 2.51. The monoisotopic (exact) mass is 446 g/mol. The Labute approximate surface area is 163 Å². The van der Waals surface area contributed by atoms with E-state index in [9.17, 15) is 39.5 Å². The highest BCUT2D eigenvalue weighted by Gasteiger charge is 2.37. The van der Waals surface area contributed by atoms with E-state index < -0.39 is 46.0 Å². The van der Waals surface area contributed by atoms with Gasteiger partial charge in [-0.2, -0.15) is 39.5 Å². The van der Waals surface area contributed by atoms with Crippen LogP contribution in [0.5, 0.6) is 0 Å². The molecule has 0 aromatic heterocycles. The maximum Gasteiger partial charge on any atom is 0.416 e. The maximum atomic E-state index is 12.9. The first-order valence-electron chi connectivity index (χ1n) is 7.62. The van der Waals surface area contributed by atoms with Crippen LogP contribution in [0.1, 0.15) is 22.3 Å². The van der Waals surface area contributed by atoms with Gasteiger partial charge in [-0.05, 0) is 61.1 Å². The first-order valence-corrected chi connectivity index (χ1v) is 8.03. The Bertz CT molecular complexity index is 882. The van der Waals surface area contributed by atoms with Crippen molar-refractivity contribution in [3.8, 4) is 0 Å². The summed E-state index contributed by atoms with van der Waals surface area (Å²) in [7, 11) is 0. The van der Waals surface area contributed by atoms with Gasteiger partial charge in [0, 0.05) is 11.4 Å². The Balaban J connectivity index is 2.30. The summed E-state index contributed by atoms with van der Waals surface area (Å²) in [6.07, 6.45) is -14.8. The van der Waals surface area contributed by atoms with Crippen molar-refractivity contribution in [1.82, 2.24) is 0 Å². The van der Waals surface area contributed by atoms with Gasteiger partial charge in [0.1, 0.15) is 0 Å². The number of hydrogen-bond acceptors (Lipinski definition) is 1. The van der Waals surface area contributed by atoms with Gasteiger partial charge in [0.25, 0.3) is 0 Å². The van der Waals surface area contributed by atoms with E-state index >= 15 is 0 Å². The lowest BCUT2D eigenvalue weighted by atomic mass is 10.1. The summed E-state index contributed by atoms with van der Waals surface area (Å²) in [5, 5.41) is 3.96. The molecule has 2 aromatic carbocycles. The normalized spacial score (nSPS) is 12.6. The Kier molecular flexibility index (Phi) is 6.07. The van der Waals surface area contributed by atoms with Gasteiger partial charge in [0.05, 0.1) is 16.7 Å². The molecule has 0 amide bonds. The third kappa shape index (κ3) is 6.24. The van der Waals surface area contributed by atoms with E-state index in [1.165, 1.54) is 13.0 Å². The van der Waals surface area contributed by atoms with E-state index in [0.717, 1.165) is 6.07 Å². The van der Waals surface area contributed by atoms with Gasteiger partial charge >= 0.3 is 18.5 Å². The van der Waals surface area contributed by atoms with Crippen LogP contribution in [0.15, 0.2) is 36.4 Å². The molecule has 158 valence electrons. The van der Waals surface area contributed by atoms with Crippen molar-refractivity contribution in [2.24, 2.45) is 0 Å². The van der Waals surface area contributed by atoms with Gasteiger partial charge < -0.3 is 10.6 Å². The Hall–Kier alpha value is -2.50. The summed E-state index contributed by atoms with van der Waals surface area (Å²) in [6, 6.07) is 3.59. The molecule has 0 fully saturated rings. The van der Waals surface area contributed by atoms with E-state index in [1.54, 1.807) is 0 Å². The van der Waals surface area contributed by atoms with Crippen LogP contribution in [0.2, 0.25) is 0 Å². The molecule has 2 rings (SSSR count). The Morgan fingerprint density at radius 3 is 1.34 bits per heavy atom. The lowest BCUT2D eigenvalue weighted by Crippen LogP contribution is -2.21. The predicted octanol–water partition coefficient (Wildman–Crippen LogP) is 6.86. The molecule has 0 heterocycles. The molecule has 0 saturated heterocycles. The molecule has 0 aliphatic heterocycles. The molecule has 0 bridgehead atoms. The summed E-state index contributed by atoms with van der Waals surface area (Å²) in [5.41, 5.74) is -4.68. The van der Waals surface area contributed by atoms with Crippen molar-refractivity contribution in [3.05, 3.63) is 58.7 Å². The minimum absolute atomic E-state index is 0.0577. The van der Waals surface area contributed by atoms with Crippen molar-refractivity contribution in [1.29, 1.82) is 0 Å². The number of hydrogen-bond donors (Lipinski definition) is 2. The molecule has 0 unspecified atom stereocenters. The summed E-state index contributed by atoms with van der Waals surface area (Å²) in [4.78, 5) is 0. The molecule has 0 radical (unpaired) electrons. The number of halogens is 9. The quantitative estimate of drug-likeness (QED) is 0.389. The summed E-state index contributed by atoms with van der Waals surface area (Å²) < 4.78 is 116. The standard InChI is InChI=1S/C17H11F9N2S/c1-8-2-9(15(18,19)20)5-12(3-8)27-14(29)28-13-6-10(16(21,22)23)4-11(7-13)17(24,25)26/h2-7H,1H3,(H2,27,28,29). The molecular formula is C17H11F9N2S. The molecular weight excluding hydrogens is 435 g/mol. The fourth-order valence-corrected chi connectivity index (χ4v) is 2.58. The van der Waals surface area contributed by atoms with Crippen LogP contribution in [-0.4, -0.2) is 5.11 Å². The van der Waals surface area contributed by atoms with Crippen molar-refractivity contribution in [2.45, 2.75) is 25.5 Å². The summed E-state index contributed by atoms with van der Waals surface area (Å²) in [5.74, 6) is 0. The molecule has 2 N–H and O–H groups in total. The van der Waals surface area contributed by atoms with Crippen LogP contribution in [0, 0.1) is 6.92 Å². The molecule has 0 aliphatic carbocycles. The molecule has 0 spiro atoms. The fraction of sp³-hybridized carbons (Fsp3) is 0.235. The van der Waals surface area contributed by atoms with E-state index in [4.69, 9.17) is 12.2 Å². The van der Waals surface area contributed by atoms with Crippen LogP contribution in [-0.2, 0) is 18.5 Å². The van der Waals surface area contributed by atoms with Gasteiger partial charge in [-0.25, -0.2) is 0 Å². The van der Waals surface area contributed by atoms with Crippen molar-refractivity contribution < 1.29 is 39.5 Å². The number of anilines is 2. The maximum absolute atomic E-state index is 12.9. The van der Waals surface area contributed by atoms with Gasteiger partial charge in [0.2, 0.25) is 0 Å². The number of aryl methyl sites for hydroxylation is 1. The van der Waals surface area contributed by atoms with E-state index in [2.05, 4.69) is 10.6 Å². The second-order valence-corrected chi connectivity index (χ2v) is 6.37. The van der Waals surface area contributed by atoms with E-state index in [1.807, 2.05) is 0 Å². The van der Waals surface area contributed by atoms with Crippen LogP contribution in [0.25, 0.3) is 0 Å². The minimum Gasteiger partial charge on any atom is -0.332 e. The smallest absolute Gasteiger partial charge is 0.332 e. The lowest BCUT2D eigenvalue weighted by Gasteiger charge is -2.17. The number of thiocarbonyl (C=S) groups is 1. The third-order valence-electron chi connectivity index (χ3n) is 3.51. The molecule has 29 heavy (non-hydrogen) atoms. The van der Waals surface area contributed by atoms with Gasteiger partial charge in [-0.15, -0.1) is 0 Å². The van der Waals surface area contributed by atoms with Crippen LogP contribution in [0.4, 0.5) is 50.9 Å². The molecule has 2 aromatic rings. The van der Waals surface area contributed by atoms with Gasteiger partial charge in [-0.3, -0.25) is 0 Å². The van der Waals surface area contributed by atoms with Crippen molar-refractivity contribution >= 4 is 28.7 Å². The molecule has 2 nitrogen and oxygen atoms in total. The second-order valence-electron chi connectivity index (χ2n) is 5.96. The summed E-state index contributed by atoms with van der Waals surface area (Å²) in [6.45, 7) is 1.37. The summed E-state index contributed by atoms with van der Waals surface area (Å²) >= 11 is 4.81. The largest absolute Gasteiger partial charge is 0.416 e. The highest BCUT2D eigenvalue weighted by molar-refractivity contribution is 7.80. The van der Waals surface area contributed by atoms with Gasteiger partial charge in [0.15, 0.2) is 5.11 Å². The molecule has 12 heteroatoms. The lowest BCUT2D eigenvalue weighted by molar-refractivity contribution is -0.143. The minimum atomic E-state index is -5.05. The molecule has 0 atom stereocenters.